The summed E-state index contributed by atoms with van der Waals surface area (Å²) in [6.07, 6.45) is 4.31. The van der Waals surface area contributed by atoms with E-state index in [9.17, 15) is 18.0 Å². The number of piperidine rings is 2. The Morgan fingerprint density at radius 1 is 0.947 bits per heavy atom. The molecule has 3 aliphatic heterocycles. The van der Waals surface area contributed by atoms with Gasteiger partial charge < -0.3 is 14.7 Å². The van der Waals surface area contributed by atoms with E-state index < -0.39 is 15.6 Å². The number of rotatable bonds is 6. The molecule has 3 saturated heterocycles. The number of carbonyl (C=O) groups is 2. The van der Waals surface area contributed by atoms with Crippen molar-refractivity contribution in [2.45, 2.75) is 38.1 Å². The third-order valence-corrected chi connectivity index (χ3v) is 9.75. The zero-order chi connectivity index (χ0) is 26.8. The number of benzene rings is 2. The van der Waals surface area contributed by atoms with Crippen molar-refractivity contribution in [1.29, 1.82) is 0 Å². The average Bonchev–Trinajstić information content (AvgIpc) is 3.19. The maximum Gasteiger partial charge on any atom is 0.250 e. The topological polar surface area (TPSA) is 81.2 Å². The summed E-state index contributed by atoms with van der Waals surface area (Å²) in [5.41, 5.74) is 0.852. The normalized spacial score (nSPS) is 21.1. The highest BCUT2D eigenvalue weighted by Crippen LogP contribution is 2.40. The Morgan fingerprint density at radius 2 is 1.55 bits per heavy atom. The predicted octanol–water partition coefficient (Wildman–Crippen LogP) is 3.39. The molecule has 3 aliphatic rings. The highest BCUT2D eigenvalue weighted by Gasteiger charge is 2.55. The number of sulfonamides is 1. The highest BCUT2D eigenvalue weighted by atomic mass is 32.2. The Balaban J connectivity index is 1.32. The molecule has 9 heteroatoms. The molecule has 8 nitrogen and oxygen atoms in total. The lowest BCUT2D eigenvalue weighted by Crippen LogP contribution is -2.57. The molecule has 2 aromatic rings. The van der Waals surface area contributed by atoms with Crippen molar-refractivity contribution in [2.24, 2.45) is 5.92 Å². The minimum atomic E-state index is -3.63. The summed E-state index contributed by atoms with van der Waals surface area (Å²) in [5.74, 6) is 0.520. The van der Waals surface area contributed by atoms with E-state index in [4.69, 9.17) is 0 Å². The molecule has 38 heavy (non-hydrogen) atoms. The molecule has 3 heterocycles. The van der Waals surface area contributed by atoms with E-state index in [-0.39, 0.29) is 31.4 Å². The lowest BCUT2D eigenvalue weighted by molar-refractivity contribution is -0.141. The maximum atomic E-state index is 13.9. The molecule has 2 amide bonds. The van der Waals surface area contributed by atoms with Crippen LogP contribution in [0.15, 0.2) is 66.1 Å². The second kappa shape index (κ2) is 10.9. The van der Waals surface area contributed by atoms with Crippen LogP contribution in [0.5, 0.6) is 0 Å². The van der Waals surface area contributed by atoms with Gasteiger partial charge in [-0.05, 0) is 55.4 Å². The number of para-hydroxylation sites is 1. The van der Waals surface area contributed by atoms with Gasteiger partial charge in [-0.25, -0.2) is 8.42 Å². The first-order valence-corrected chi connectivity index (χ1v) is 14.9. The number of nitrogens with zero attached hydrogens (tertiary/aromatic N) is 4. The van der Waals surface area contributed by atoms with E-state index >= 15 is 0 Å². The van der Waals surface area contributed by atoms with Crippen LogP contribution in [0.3, 0.4) is 0 Å². The summed E-state index contributed by atoms with van der Waals surface area (Å²) >= 11 is 0. The summed E-state index contributed by atoms with van der Waals surface area (Å²) in [6.45, 7) is 4.53. The van der Waals surface area contributed by atoms with Gasteiger partial charge in [-0.3, -0.25) is 9.59 Å². The molecule has 0 aliphatic carbocycles. The lowest BCUT2D eigenvalue weighted by Gasteiger charge is -2.42. The van der Waals surface area contributed by atoms with Crippen LogP contribution in [-0.2, 0) is 19.6 Å². The van der Waals surface area contributed by atoms with E-state index in [2.05, 4.69) is 11.8 Å². The Bertz CT molecular complexity index is 1270. The molecular weight excluding hydrogens is 500 g/mol. The zero-order valence-corrected chi connectivity index (χ0v) is 22.7. The first kappa shape index (κ1) is 26.4. The first-order chi connectivity index (χ1) is 18.3. The van der Waals surface area contributed by atoms with Crippen LogP contribution in [0.4, 0.5) is 5.69 Å². The summed E-state index contributed by atoms with van der Waals surface area (Å²) in [5, 5.41) is 1.25. The molecule has 0 N–H and O–H groups in total. The number of anilines is 1. The smallest absolute Gasteiger partial charge is 0.250 e. The van der Waals surface area contributed by atoms with E-state index in [1.54, 1.807) is 11.0 Å². The Hall–Kier alpha value is -3.17. The molecule has 0 radical (unpaired) electrons. The van der Waals surface area contributed by atoms with Crippen molar-refractivity contribution < 1.29 is 18.0 Å². The van der Waals surface area contributed by atoms with Crippen LogP contribution >= 0.6 is 0 Å². The number of carbonyl (C=O) groups excluding carboxylic acids is 2. The third-order valence-electron chi connectivity index (χ3n) is 8.19. The molecular formula is C29H36N4O4S. The van der Waals surface area contributed by atoms with Crippen LogP contribution in [0, 0.1) is 5.92 Å². The molecule has 202 valence electrons. The van der Waals surface area contributed by atoms with Crippen molar-refractivity contribution in [3.63, 3.8) is 0 Å². The second-order valence-corrected chi connectivity index (χ2v) is 12.5. The molecule has 5 rings (SSSR count). The second-order valence-electron chi connectivity index (χ2n) is 10.7. The third kappa shape index (κ3) is 5.35. The number of amides is 2. The van der Waals surface area contributed by atoms with Crippen LogP contribution in [0.2, 0.25) is 0 Å². The summed E-state index contributed by atoms with van der Waals surface area (Å²) in [6, 6.07) is 19.1. The van der Waals surface area contributed by atoms with Crippen molar-refractivity contribution in [3.8, 4) is 0 Å². The predicted molar refractivity (Wildman–Crippen MR) is 148 cm³/mol. The molecule has 0 saturated carbocycles. The van der Waals surface area contributed by atoms with Gasteiger partial charge in [0.25, 0.3) is 0 Å². The van der Waals surface area contributed by atoms with Crippen LogP contribution in [0.25, 0.3) is 6.08 Å². The first-order valence-electron chi connectivity index (χ1n) is 13.4. The van der Waals surface area contributed by atoms with Gasteiger partial charge in [0.15, 0.2) is 0 Å². The number of hydrogen-bond acceptors (Lipinski definition) is 5. The molecule has 3 fully saturated rings. The van der Waals surface area contributed by atoms with Crippen molar-refractivity contribution in [2.75, 3.05) is 44.3 Å². The molecule has 2 aromatic carbocycles. The SMILES string of the molecule is CC1CCN(C(=O)CN2CN(c3ccccc3)C3(CCN(S(=O)(=O)/C=C/c4ccccc4)CC3)C2=O)CC1. The fraction of sp³-hybridized carbons (Fsp3) is 0.448. The van der Waals surface area contributed by atoms with Gasteiger partial charge in [-0.1, -0.05) is 55.5 Å². The van der Waals surface area contributed by atoms with Crippen molar-refractivity contribution in [1.82, 2.24) is 14.1 Å². The standard InChI is InChI=1S/C29H36N4O4S/c1-24-12-17-30(18-13-24)27(34)22-31-23-33(26-10-6-3-7-11-26)29(28(31)35)15-19-32(20-16-29)38(36,37)21-14-25-8-4-2-5-9-25/h2-11,14,21,24H,12-13,15-20,22-23H2,1H3/b21-14+. The number of hydrogen-bond donors (Lipinski definition) is 0. The monoisotopic (exact) mass is 536 g/mol. The van der Waals surface area contributed by atoms with Gasteiger partial charge in [0.2, 0.25) is 21.8 Å². The highest BCUT2D eigenvalue weighted by molar-refractivity contribution is 7.92. The van der Waals surface area contributed by atoms with Gasteiger partial charge in [-0.15, -0.1) is 0 Å². The maximum absolute atomic E-state index is 13.9. The van der Waals surface area contributed by atoms with Gasteiger partial charge >= 0.3 is 0 Å². The minimum absolute atomic E-state index is 0.0126. The molecule has 0 atom stereocenters. The fourth-order valence-electron chi connectivity index (χ4n) is 5.77. The van der Waals surface area contributed by atoms with Crippen LogP contribution in [-0.4, -0.2) is 79.3 Å². The van der Waals surface area contributed by atoms with E-state index in [1.807, 2.05) is 65.6 Å². The number of likely N-dealkylation sites (tertiary alicyclic amines) is 1. The molecule has 0 bridgehead atoms. The van der Waals surface area contributed by atoms with Gasteiger partial charge in [-0.2, -0.15) is 4.31 Å². The Kier molecular flexibility index (Phi) is 7.59. The lowest BCUT2D eigenvalue weighted by atomic mass is 9.86. The minimum Gasteiger partial charge on any atom is -0.341 e. The summed E-state index contributed by atoms with van der Waals surface area (Å²) in [7, 11) is -3.63. The largest absolute Gasteiger partial charge is 0.341 e. The average molecular weight is 537 g/mol. The Morgan fingerprint density at radius 3 is 2.18 bits per heavy atom. The summed E-state index contributed by atoms with van der Waals surface area (Å²) in [4.78, 5) is 32.7. The molecule has 0 aromatic heterocycles. The molecule has 1 spiro atoms. The fourth-order valence-corrected chi connectivity index (χ4v) is 6.96. The van der Waals surface area contributed by atoms with Crippen LogP contribution in [0.1, 0.15) is 38.2 Å². The molecule has 0 unspecified atom stereocenters. The van der Waals surface area contributed by atoms with Gasteiger partial charge in [0.05, 0.1) is 6.67 Å². The van der Waals surface area contributed by atoms with Gasteiger partial charge in [0.1, 0.15) is 12.1 Å². The van der Waals surface area contributed by atoms with E-state index in [1.165, 1.54) is 9.71 Å². The summed E-state index contributed by atoms with van der Waals surface area (Å²) < 4.78 is 27.6. The Labute approximate surface area is 225 Å². The van der Waals surface area contributed by atoms with Crippen LogP contribution < -0.4 is 4.90 Å². The van der Waals surface area contributed by atoms with Gasteiger partial charge in [0, 0.05) is 37.3 Å². The van der Waals surface area contributed by atoms with E-state index in [0.29, 0.717) is 25.4 Å². The van der Waals surface area contributed by atoms with E-state index in [0.717, 1.165) is 37.2 Å². The zero-order valence-electron chi connectivity index (χ0n) is 21.9. The quantitative estimate of drug-likeness (QED) is 0.566. The van der Waals surface area contributed by atoms with Crippen molar-refractivity contribution in [3.05, 3.63) is 71.6 Å². The van der Waals surface area contributed by atoms with Crippen molar-refractivity contribution >= 4 is 33.6 Å².